The van der Waals surface area contributed by atoms with E-state index in [0.29, 0.717) is 17.2 Å². The van der Waals surface area contributed by atoms with Gasteiger partial charge in [-0.25, -0.2) is 4.98 Å². The van der Waals surface area contributed by atoms with E-state index < -0.39 is 0 Å². The molecule has 0 radical (unpaired) electrons. The Morgan fingerprint density at radius 3 is 2.62 bits per heavy atom. The lowest BCUT2D eigenvalue weighted by Gasteiger charge is -2.12. The van der Waals surface area contributed by atoms with Crippen LogP contribution in [0.5, 0.6) is 0 Å². The second kappa shape index (κ2) is 5.36. The summed E-state index contributed by atoms with van der Waals surface area (Å²) in [6.07, 6.45) is 1.91. The standard InChI is InChI=1S/C16H16N4O/c1-11(13-6-4-3-5-7-13)20-9-8-14(19-20)15-10-16(21)18-12(2)17-15/h3-11H,1-2H3,(H,17,18,21). The summed E-state index contributed by atoms with van der Waals surface area (Å²) in [6.45, 7) is 3.84. The third-order valence-corrected chi connectivity index (χ3v) is 3.41. The SMILES string of the molecule is Cc1nc(-c2ccn(C(C)c3ccccc3)n2)cc(=O)[nH]1. The highest BCUT2D eigenvalue weighted by atomic mass is 16.1. The highest BCUT2D eigenvalue weighted by Gasteiger charge is 2.11. The summed E-state index contributed by atoms with van der Waals surface area (Å²) >= 11 is 0. The molecular formula is C16H16N4O. The maximum absolute atomic E-state index is 11.5. The average molecular weight is 280 g/mol. The van der Waals surface area contributed by atoms with Crippen LogP contribution in [0.2, 0.25) is 0 Å². The molecule has 2 heterocycles. The van der Waals surface area contributed by atoms with E-state index in [4.69, 9.17) is 0 Å². The fourth-order valence-electron chi connectivity index (χ4n) is 2.29. The Balaban J connectivity index is 1.95. The van der Waals surface area contributed by atoms with Crippen molar-refractivity contribution in [1.82, 2.24) is 19.7 Å². The quantitative estimate of drug-likeness (QED) is 0.802. The van der Waals surface area contributed by atoms with Gasteiger partial charge in [-0.2, -0.15) is 5.10 Å². The van der Waals surface area contributed by atoms with Gasteiger partial charge in [-0.3, -0.25) is 9.48 Å². The van der Waals surface area contributed by atoms with Crippen LogP contribution in [-0.4, -0.2) is 19.7 Å². The molecule has 2 aromatic heterocycles. The summed E-state index contributed by atoms with van der Waals surface area (Å²) in [5.74, 6) is 0.586. The van der Waals surface area contributed by atoms with E-state index in [9.17, 15) is 4.79 Å². The zero-order valence-electron chi connectivity index (χ0n) is 11.9. The van der Waals surface area contributed by atoms with E-state index in [2.05, 4.69) is 34.1 Å². The molecule has 0 bridgehead atoms. The normalized spacial score (nSPS) is 12.3. The first-order valence-corrected chi connectivity index (χ1v) is 6.82. The summed E-state index contributed by atoms with van der Waals surface area (Å²) in [5, 5.41) is 4.54. The number of aryl methyl sites for hydroxylation is 1. The average Bonchev–Trinajstić information content (AvgIpc) is 2.96. The van der Waals surface area contributed by atoms with E-state index in [1.807, 2.05) is 35.1 Å². The van der Waals surface area contributed by atoms with Gasteiger partial charge in [0.05, 0.1) is 11.7 Å². The van der Waals surface area contributed by atoms with Crippen LogP contribution in [0, 0.1) is 6.92 Å². The van der Waals surface area contributed by atoms with Crippen LogP contribution in [0.1, 0.15) is 24.4 Å². The number of nitrogens with one attached hydrogen (secondary N) is 1. The summed E-state index contributed by atoms with van der Waals surface area (Å²) in [5.41, 5.74) is 2.31. The molecule has 0 saturated carbocycles. The largest absolute Gasteiger partial charge is 0.311 e. The number of hydrogen-bond acceptors (Lipinski definition) is 3. The minimum Gasteiger partial charge on any atom is -0.311 e. The lowest BCUT2D eigenvalue weighted by Crippen LogP contribution is -2.10. The Morgan fingerprint density at radius 2 is 1.90 bits per heavy atom. The van der Waals surface area contributed by atoms with E-state index in [1.54, 1.807) is 6.92 Å². The molecule has 1 N–H and O–H groups in total. The minimum absolute atomic E-state index is 0.128. The Labute approximate surface area is 122 Å². The molecule has 5 nitrogen and oxygen atoms in total. The van der Waals surface area contributed by atoms with Crippen LogP contribution in [0.3, 0.4) is 0 Å². The van der Waals surface area contributed by atoms with E-state index in [0.717, 1.165) is 0 Å². The van der Waals surface area contributed by atoms with Gasteiger partial charge < -0.3 is 4.98 Å². The van der Waals surface area contributed by atoms with Crippen LogP contribution in [0.4, 0.5) is 0 Å². The smallest absolute Gasteiger partial charge is 0.251 e. The molecule has 0 aliphatic carbocycles. The molecule has 0 spiro atoms. The molecule has 3 aromatic rings. The lowest BCUT2D eigenvalue weighted by atomic mass is 10.1. The number of rotatable bonds is 3. The molecule has 0 fully saturated rings. The van der Waals surface area contributed by atoms with Gasteiger partial charge in [0.15, 0.2) is 0 Å². The summed E-state index contributed by atoms with van der Waals surface area (Å²) < 4.78 is 1.88. The number of aromatic amines is 1. The molecule has 1 aromatic carbocycles. The number of nitrogens with zero attached hydrogens (tertiary/aromatic N) is 3. The fraction of sp³-hybridized carbons (Fsp3) is 0.188. The van der Waals surface area contributed by atoms with Gasteiger partial charge in [0, 0.05) is 12.3 Å². The molecular weight excluding hydrogens is 264 g/mol. The van der Waals surface area contributed by atoms with Crippen molar-refractivity contribution in [3.63, 3.8) is 0 Å². The molecule has 1 atom stereocenters. The molecule has 0 aliphatic heterocycles. The first-order chi connectivity index (χ1) is 10.1. The third-order valence-electron chi connectivity index (χ3n) is 3.41. The Morgan fingerprint density at radius 1 is 1.14 bits per heavy atom. The molecule has 3 rings (SSSR count). The third kappa shape index (κ3) is 2.76. The van der Waals surface area contributed by atoms with Gasteiger partial charge in [-0.05, 0) is 25.5 Å². The van der Waals surface area contributed by atoms with Gasteiger partial charge in [-0.1, -0.05) is 30.3 Å². The molecule has 106 valence electrons. The fourth-order valence-corrected chi connectivity index (χ4v) is 2.29. The van der Waals surface area contributed by atoms with Gasteiger partial charge in [-0.15, -0.1) is 0 Å². The maximum atomic E-state index is 11.5. The van der Waals surface area contributed by atoms with E-state index >= 15 is 0 Å². The van der Waals surface area contributed by atoms with Gasteiger partial charge in [0.2, 0.25) is 0 Å². The summed E-state index contributed by atoms with van der Waals surface area (Å²) in [7, 11) is 0. The number of benzene rings is 1. The van der Waals surface area contributed by atoms with Crippen molar-refractivity contribution in [2.24, 2.45) is 0 Å². The van der Waals surface area contributed by atoms with Gasteiger partial charge >= 0.3 is 0 Å². The molecule has 21 heavy (non-hydrogen) atoms. The van der Waals surface area contributed by atoms with Crippen molar-refractivity contribution >= 4 is 0 Å². The number of H-pyrrole nitrogens is 1. The number of aromatic nitrogens is 4. The van der Waals surface area contributed by atoms with Crippen LogP contribution < -0.4 is 5.56 Å². The first kappa shape index (κ1) is 13.3. The predicted molar refractivity (Wildman–Crippen MR) is 81.1 cm³/mol. The molecule has 5 heteroatoms. The first-order valence-electron chi connectivity index (χ1n) is 6.82. The van der Waals surface area contributed by atoms with Crippen LogP contribution >= 0.6 is 0 Å². The maximum Gasteiger partial charge on any atom is 0.251 e. The zero-order chi connectivity index (χ0) is 14.8. The molecule has 0 aliphatic rings. The highest BCUT2D eigenvalue weighted by molar-refractivity contribution is 5.52. The van der Waals surface area contributed by atoms with Crippen LogP contribution in [-0.2, 0) is 0 Å². The summed E-state index contributed by atoms with van der Waals surface area (Å²) in [6, 6.07) is 13.6. The monoisotopic (exact) mass is 280 g/mol. The Bertz CT molecular complexity index is 804. The van der Waals surface area contributed by atoms with Crippen molar-refractivity contribution in [3.8, 4) is 11.4 Å². The Hall–Kier alpha value is -2.69. The van der Waals surface area contributed by atoms with E-state index in [1.165, 1.54) is 11.6 Å². The molecule has 0 amide bonds. The molecule has 0 saturated heterocycles. The van der Waals surface area contributed by atoms with E-state index in [-0.39, 0.29) is 11.6 Å². The lowest BCUT2D eigenvalue weighted by molar-refractivity contribution is 0.566. The summed E-state index contributed by atoms with van der Waals surface area (Å²) in [4.78, 5) is 18.5. The van der Waals surface area contributed by atoms with Crippen molar-refractivity contribution in [2.75, 3.05) is 0 Å². The van der Waals surface area contributed by atoms with Crippen molar-refractivity contribution in [2.45, 2.75) is 19.9 Å². The molecule has 1 unspecified atom stereocenters. The highest BCUT2D eigenvalue weighted by Crippen LogP contribution is 2.19. The van der Waals surface area contributed by atoms with Crippen molar-refractivity contribution in [3.05, 3.63) is 70.4 Å². The minimum atomic E-state index is -0.164. The van der Waals surface area contributed by atoms with Crippen molar-refractivity contribution in [1.29, 1.82) is 0 Å². The zero-order valence-corrected chi connectivity index (χ0v) is 11.9. The van der Waals surface area contributed by atoms with Crippen molar-refractivity contribution < 1.29 is 0 Å². The van der Waals surface area contributed by atoms with Gasteiger partial charge in [0.1, 0.15) is 11.5 Å². The van der Waals surface area contributed by atoms with Crippen LogP contribution in [0.15, 0.2) is 53.5 Å². The second-order valence-corrected chi connectivity index (χ2v) is 4.98. The number of hydrogen-bond donors (Lipinski definition) is 1. The Kier molecular flexibility index (Phi) is 3.39. The topological polar surface area (TPSA) is 63.6 Å². The predicted octanol–water partition coefficient (Wildman–Crippen LogP) is 2.55. The van der Waals surface area contributed by atoms with Crippen LogP contribution in [0.25, 0.3) is 11.4 Å². The second-order valence-electron chi connectivity index (χ2n) is 4.98. The van der Waals surface area contributed by atoms with Gasteiger partial charge in [0.25, 0.3) is 5.56 Å².